The topological polar surface area (TPSA) is 29.5 Å². The van der Waals surface area contributed by atoms with Gasteiger partial charge in [-0.1, -0.05) is 12.1 Å². The monoisotopic (exact) mass is 202 g/mol. The Labute approximate surface area is 81.1 Å². The Hall–Kier alpha value is -1.16. The van der Waals surface area contributed by atoms with Gasteiger partial charge < -0.3 is 9.84 Å². The van der Waals surface area contributed by atoms with Gasteiger partial charge >= 0.3 is 0 Å². The summed E-state index contributed by atoms with van der Waals surface area (Å²) < 4.78 is 29.0. The van der Waals surface area contributed by atoms with Gasteiger partial charge in [-0.05, 0) is 17.7 Å². The van der Waals surface area contributed by atoms with Crippen LogP contribution in [0.5, 0.6) is 5.75 Å². The smallest absolute Gasteiger partial charge is 0.264 e. The predicted octanol–water partition coefficient (Wildman–Crippen LogP) is 1.86. The highest BCUT2D eigenvalue weighted by Crippen LogP contribution is 2.15. The summed E-state index contributed by atoms with van der Waals surface area (Å²) in [5, 5.41) is 8.95. The second-order valence-electron chi connectivity index (χ2n) is 2.96. The summed E-state index contributed by atoms with van der Waals surface area (Å²) in [5.41, 5.74) is 0.636. The molecule has 1 unspecified atom stereocenters. The molecule has 0 spiro atoms. The van der Waals surface area contributed by atoms with Crippen molar-refractivity contribution in [3.8, 4) is 5.75 Å². The van der Waals surface area contributed by atoms with Gasteiger partial charge in [0.1, 0.15) is 11.9 Å². The van der Waals surface area contributed by atoms with Crippen LogP contribution in [-0.4, -0.2) is 24.7 Å². The average molecular weight is 202 g/mol. The molecule has 0 saturated heterocycles. The fourth-order valence-electron chi connectivity index (χ4n) is 1.13. The zero-order valence-electron chi connectivity index (χ0n) is 7.78. The van der Waals surface area contributed by atoms with Crippen LogP contribution in [0, 0.1) is 0 Å². The molecule has 1 aromatic carbocycles. The van der Waals surface area contributed by atoms with E-state index < -0.39 is 12.5 Å². The third-order valence-corrected chi connectivity index (χ3v) is 1.87. The first-order chi connectivity index (χ1) is 6.63. The van der Waals surface area contributed by atoms with Crippen molar-refractivity contribution >= 4 is 0 Å². The fourth-order valence-corrected chi connectivity index (χ4v) is 1.13. The van der Waals surface area contributed by atoms with E-state index in [1.165, 1.54) is 7.11 Å². The van der Waals surface area contributed by atoms with Gasteiger partial charge in [0.25, 0.3) is 6.43 Å². The molecule has 0 amide bonds. The standard InChI is InChI=1S/C10H12F2O2/c1-14-8-4-2-3-7(5-8)6-9(13)10(11)12/h2-5,9-10,13H,6H2,1H3. The molecular formula is C10H12F2O2. The highest BCUT2D eigenvalue weighted by Gasteiger charge is 2.17. The molecule has 0 bridgehead atoms. The second kappa shape index (κ2) is 4.91. The third kappa shape index (κ3) is 2.96. The van der Waals surface area contributed by atoms with Crippen molar-refractivity contribution in [2.45, 2.75) is 19.0 Å². The maximum atomic E-state index is 12.0. The number of alkyl halides is 2. The Bertz CT molecular complexity index is 289. The van der Waals surface area contributed by atoms with Crippen LogP contribution in [0.25, 0.3) is 0 Å². The number of rotatable bonds is 4. The zero-order valence-corrected chi connectivity index (χ0v) is 7.78. The highest BCUT2D eigenvalue weighted by molar-refractivity contribution is 5.28. The summed E-state index contributed by atoms with van der Waals surface area (Å²) in [5.74, 6) is 0.601. The lowest BCUT2D eigenvalue weighted by molar-refractivity contribution is -0.00367. The molecule has 78 valence electrons. The minimum Gasteiger partial charge on any atom is -0.497 e. The molecular weight excluding hydrogens is 190 g/mol. The number of aliphatic hydroxyl groups is 1. The van der Waals surface area contributed by atoms with Gasteiger partial charge in [0.2, 0.25) is 0 Å². The molecule has 0 saturated carbocycles. The van der Waals surface area contributed by atoms with Gasteiger partial charge in [0.05, 0.1) is 7.11 Å². The normalized spacial score (nSPS) is 12.9. The van der Waals surface area contributed by atoms with E-state index in [1.54, 1.807) is 24.3 Å². The van der Waals surface area contributed by atoms with Gasteiger partial charge in [-0.2, -0.15) is 0 Å². The zero-order chi connectivity index (χ0) is 10.6. The predicted molar refractivity (Wildman–Crippen MR) is 48.7 cm³/mol. The lowest BCUT2D eigenvalue weighted by Crippen LogP contribution is -2.20. The summed E-state index contributed by atoms with van der Waals surface area (Å²) in [4.78, 5) is 0. The summed E-state index contributed by atoms with van der Waals surface area (Å²) in [6, 6.07) is 6.73. The molecule has 4 heteroatoms. The molecule has 0 fully saturated rings. The fraction of sp³-hybridized carbons (Fsp3) is 0.400. The lowest BCUT2D eigenvalue weighted by atomic mass is 10.1. The number of aliphatic hydroxyl groups excluding tert-OH is 1. The number of ether oxygens (including phenoxy) is 1. The molecule has 1 rings (SSSR count). The molecule has 0 aliphatic carbocycles. The molecule has 1 N–H and O–H groups in total. The number of halogens is 2. The van der Waals surface area contributed by atoms with Crippen LogP contribution >= 0.6 is 0 Å². The second-order valence-corrected chi connectivity index (χ2v) is 2.96. The summed E-state index contributed by atoms with van der Waals surface area (Å²) >= 11 is 0. The maximum Gasteiger partial charge on any atom is 0.264 e. The van der Waals surface area contributed by atoms with Crippen LogP contribution in [-0.2, 0) is 6.42 Å². The first kappa shape index (κ1) is 10.9. The van der Waals surface area contributed by atoms with Crippen molar-refractivity contribution in [3.63, 3.8) is 0 Å². The van der Waals surface area contributed by atoms with Crippen molar-refractivity contribution in [1.29, 1.82) is 0 Å². The van der Waals surface area contributed by atoms with E-state index in [9.17, 15) is 8.78 Å². The molecule has 0 heterocycles. The van der Waals surface area contributed by atoms with Gasteiger partial charge in [-0.25, -0.2) is 8.78 Å². The Morgan fingerprint density at radius 1 is 1.43 bits per heavy atom. The van der Waals surface area contributed by atoms with Crippen molar-refractivity contribution in [2.75, 3.05) is 7.11 Å². The number of hydrogen-bond acceptors (Lipinski definition) is 2. The molecule has 0 aliphatic heterocycles. The molecule has 14 heavy (non-hydrogen) atoms. The van der Waals surface area contributed by atoms with E-state index in [0.29, 0.717) is 11.3 Å². The van der Waals surface area contributed by atoms with Crippen LogP contribution in [0.15, 0.2) is 24.3 Å². The Morgan fingerprint density at radius 2 is 2.14 bits per heavy atom. The lowest BCUT2D eigenvalue weighted by Gasteiger charge is -2.09. The Morgan fingerprint density at radius 3 is 2.71 bits per heavy atom. The first-order valence-corrected chi connectivity index (χ1v) is 4.22. The van der Waals surface area contributed by atoms with Crippen LogP contribution in [0.1, 0.15) is 5.56 Å². The van der Waals surface area contributed by atoms with E-state index in [0.717, 1.165) is 0 Å². The number of methoxy groups -OCH3 is 1. The first-order valence-electron chi connectivity index (χ1n) is 4.22. The van der Waals surface area contributed by atoms with Crippen LogP contribution < -0.4 is 4.74 Å². The van der Waals surface area contributed by atoms with E-state index in [-0.39, 0.29) is 6.42 Å². The van der Waals surface area contributed by atoms with Crippen molar-refractivity contribution in [2.24, 2.45) is 0 Å². The number of hydrogen-bond donors (Lipinski definition) is 1. The average Bonchev–Trinajstić information content (AvgIpc) is 2.18. The summed E-state index contributed by atoms with van der Waals surface area (Å²) in [6.07, 6.45) is -4.38. The number of benzene rings is 1. The largest absolute Gasteiger partial charge is 0.497 e. The van der Waals surface area contributed by atoms with E-state index in [1.807, 2.05) is 0 Å². The minimum absolute atomic E-state index is 0.0606. The quantitative estimate of drug-likeness (QED) is 0.807. The molecule has 0 aliphatic rings. The summed E-state index contributed by atoms with van der Waals surface area (Å²) in [7, 11) is 1.50. The minimum atomic E-state index is -2.71. The Balaban J connectivity index is 2.66. The van der Waals surface area contributed by atoms with Crippen LogP contribution in [0.3, 0.4) is 0 Å². The summed E-state index contributed by atoms with van der Waals surface area (Å²) in [6.45, 7) is 0. The SMILES string of the molecule is COc1cccc(CC(O)C(F)F)c1. The van der Waals surface area contributed by atoms with Crippen molar-refractivity contribution in [3.05, 3.63) is 29.8 Å². The van der Waals surface area contributed by atoms with E-state index in [2.05, 4.69) is 0 Å². The molecule has 2 nitrogen and oxygen atoms in total. The molecule has 1 atom stereocenters. The van der Waals surface area contributed by atoms with Crippen LogP contribution in [0.2, 0.25) is 0 Å². The molecule has 1 aromatic rings. The van der Waals surface area contributed by atoms with Crippen molar-refractivity contribution < 1.29 is 18.6 Å². The van der Waals surface area contributed by atoms with E-state index >= 15 is 0 Å². The molecule has 0 radical (unpaired) electrons. The van der Waals surface area contributed by atoms with Gasteiger partial charge in [-0.15, -0.1) is 0 Å². The maximum absolute atomic E-state index is 12.0. The van der Waals surface area contributed by atoms with E-state index in [4.69, 9.17) is 9.84 Å². The highest BCUT2D eigenvalue weighted by atomic mass is 19.3. The van der Waals surface area contributed by atoms with Crippen LogP contribution in [0.4, 0.5) is 8.78 Å². The van der Waals surface area contributed by atoms with Gasteiger partial charge in [0.15, 0.2) is 0 Å². The third-order valence-electron chi connectivity index (χ3n) is 1.87. The molecule has 0 aromatic heterocycles. The van der Waals surface area contributed by atoms with Gasteiger partial charge in [0, 0.05) is 6.42 Å². The Kier molecular flexibility index (Phi) is 3.83. The van der Waals surface area contributed by atoms with Gasteiger partial charge in [-0.3, -0.25) is 0 Å². The van der Waals surface area contributed by atoms with Crippen molar-refractivity contribution in [1.82, 2.24) is 0 Å².